The van der Waals surface area contributed by atoms with Gasteiger partial charge in [0.25, 0.3) is 0 Å². The highest BCUT2D eigenvalue weighted by atomic mass is 79.9. The van der Waals surface area contributed by atoms with E-state index < -0.39 is 0 Å². The van der Waals surface area contributed by atoms with E-state index in [2.05, 4.69) is 28.2 Å². The van der Waals surface area contributed by atoms with E-state index in [1.165, 1.54) is 0 Å². The van der Waals surface area contributed by atoms with Crippen molar-refractivity contribution in [3.05, 3.63) is 57.0 Å². The summed E-state index contributed by atoms with van der Waals surface area (Å²) in [6.07, 6.45) is 0. The lowest BCUT2D eigenvalue weighted by Crippen LogP contribution is -2.12. The van der Waals surface area contributed by atoms with Gasteiger partial charge in [0, 0.05) is 15.5 Å². The summed E-state index contributed by atoms with van der Waals surface area (Å²) in [4.78, 5) is 0. The molecule has 0 bridgehead atoms. The van der Waals surface area contributed by atoms with Crippen LogP contribution in [0.5, 0.6) is 11.5 Å². The van der Waals surface area contributed by atoms with Gasteiger partial charge in [-0.05, 0) is 56.3 Å². The van der Waals surface area contributed by atoms with Crippen LogP contribution in [0.4, 0.5) is 0 Å². The van der Waals surface area contributed by atoms with Gasteiger partial charge >= 0.3 is 0 Å². The van der Waals surface area contributed by atoms with Crippen molar-refractivity contribution < 1.29 is 4.74 Å². The molecule has 0 aliphatic heterocycles. The van der Waals surface area contributed by atoms with Crippen molar-refractivity contribution in [2.45, 2.75) is 19.9 Å². The van der Waals surface area contributed by atoms with Crippen LogP contribution in [0.25, 0.3) is 0 Å². The van der Waals surface area contributed by atoms with Crippen LogP contribution in [-0.2, 0) is 0 Å². The molecule has 0 fully saturated rings. The van der Waals surface area contributed by atoms with Gasteiger partial charge in [-0.15, -0.1) is 0 Å². The van der Waals surface area contributed by atoms with Crippen LogP contribution in [0.1, 0.15) is 24.1 Å². The maximum absolute atomic E-state index is 6.31. The maximum atomic E-state index is 6.31. The van der Waals surface area contributed by atoms with E-state index in [4.69, 9.17) is 16.3 Å². The Morgan fingerprint density at radius 1 is 1.20 bits per heavy atom. The number of hydrogen-bond acceptors (Lipinski definition) is 2. The minimum Gasteiger partial charge on any atom is -0.457 e. The predicted octanol–water partition coefficient (Wildman–Crippen LogP) is 5.48. The molecule has 2 nitrogen and oxygen atoms in total. The van der Waals surface area contributed by atoms with Gasteiger partial charge < -0.3 is 10.1 Å². The average molecular weight is 355 g/mol. The number of ether oxygens (including phenoxy) is 1. The Morgan fingerprint density at radius 3 is 2.60 bits per heavy atom. The van der Waals surface area contributed by atoms with Crippen molar-refractivity contribution in [1.29, 1.82) is 0 Å². The van der Waals surface area contributed by atoms with Crippen LogP contribution in [-0.4, -0.2) is 7.05 Å². The lowest BCUT2D eigenvalue weighted by atomic mass is 10.1. The molecule has 0 spiro atoms. The SMILES string of the molecule is CNC(C)c1ccc(Oc2cc(Br)ccc2C)cc1Cl. The molecule has 2 aromatic rings. The molecular formula is C16H17BrClNO. The molecule has 4 heteroatoms. The molecule has 0 aliphatic carbocycles. The van der Waals surface area contributed by atoms with Gasteiger partial charge in [0.05, 0.1) is 0 Å². The zero-order valence-corrected chi connectivity index (χ0v) is 14.0. The first-order valence-corrected chi connectivity index (χ1v) is 7.59. The van der Waals surface area contributed by atoms with Crippen molar-refractivity contribution in [3.8, 4) is 11.5 Å². The Labute approximate surface area is 133 Å². The van der Waals surface area contributed by atoms with Crippen molar-refractivity contribution >= 4 is 27.5 Å². The van der Waals surface area contributed by atoms with E-state index in [1.807, 2.05) is 50.4 Å². The highest BCUT2D eigenvalue weighted by Crippen LogP contribution is 2.32. The molecule has 0 aliphatic rings. The topological polar surface area (TPSA) is 21.3 Å². The molecule has 0 saturated heterocycles. The lowest BCUT2D eigenvalue weighted by molar-refractivity contribution is 0.478. The summed E-state index contributed by atoms with van der Waals surface area (Å²) in [5.41, 5.74) is 2.14. The van der Waals surface area contributed by atoms with Gasteiger partial charge in [0.2, 0.25) is 0 Å². The minimum atomic E-state index is 0.212. The third-order valence-electron chi connectivity index (χ3n) is 3.25. The van der Waals surface area contributed by atoms with E-state index in [0.717, 1.165) is 27.1 Å². The summed E-state index contributed by atoms with van der Waals surface area (Å²) in [7, 11) is 1.91. The van der Waals surface area contributed by atoms with E-state index in [9.17, 15) is 0 Å². The van der Waals surface area contributed by atoms with E-state index in [-0.39, 0.29) is 6.04 Å². The molecular weight excluding hydrogens is 338 g/mol. The Balaban J connectivity index is 2.26. The second kappa shape index (κ2) is 6.61. The summed E-state index contributed by atoms with van der Waals surface area (Å²) in [5, 5.41) is 3.88. The van der Waals surface area contributed by atoms with Crippen LogP contribution >= 0.6 is 27.5 Å². The first-order valence-electron chi connectivity index (χ1n) is 6.42. The zero-order valence-electron chi connectivity index (χ0n) is 11.7. The lowest BCUT2D eigenvalue weighted by Gasteiger charge is -2.14. The second-order valence-electron chi connectivity index (χ2n) is 4.71. The van der Waals surface area contributed by atoms with Gasteiger partial charge in [-0.2, -0.15) is 0 Å². The van der Waals surface area contributed by atoms with Crippen LogP contribution in [0.3, 0.4) is 0 Å². The molecule has 0 heterocycles. The largest absolute Gasteiger partial charge is 0.457 e. The van der Waals surface area contributed by atoms with Crippen molar-refractivity contribution in [2.24, 2.45) is 0 Å². The average Bonchev–Trinajstić information content (AvgIpc) is 2.42. The molecule has 2 rings (SSSR count). The normalized spacial score (nSPS) is 12.2. The van der Waals surface area contributed by atoms with Crippen LogP contribution in [0.15, 0.2) is 40.9 Å². The number of halogens is 2. The van der Waals surface area contributed by atoms with Gasteiger partial charge in [-0.1, -0.05) is 39.7 Å². The molecule has 0 amide bonds. The number of aryl methyl sites for hydroxylation is 1. The Morgan fingerprint density at radius 2 is 1.95 bits per heavy atom. The van der Waals surface area contributed by atoms with Crippen LogP contribution < -0.4 is 10.1 Å². The third kappa shape index (κ3) is 3.54. The fraction of sp³-hybridized carbons (Fsp3) is 0.250. The highest BCUT2D eigenvalue weighted by molar-refractivity contribution is 9.10. The standard InChI is InChI=1S/C16H17BrClNO/c1-10-4-5-12(17)8-16(10)20-13-6-7-14(11(2)19-3)15(18)9-13/h4-9,11,19H,1-3H3. The molecule has 20 heavy (non-hydrogen) atoms. The minimum absolute atomic E-state index is 0.212. The molecule has 0 aromatic heterocycles. The zero-order chi connectivity index (χ0) is 14.7. The molecule has 1 atom stereocenters. The summed E-state index contributed by atoms with van der Waals surface area (Å²) in [6.45, 7) is 4.08. The number of benzene rings is 2. The monoisotopic (exact) mass is 353 g/mol. The fourth-order valence-electron chi connectivity index (χ4n) is 1.89. The Hall–Kier alpha value is -1.03. The second-order valence-corrected chi connectivity index (χ2v) is 6.03. The Bertz CT molecular complexity index is 615. The van der Waals surface area contributed by atoms with Crippen LogP contribution in [0, 0.1) is 6.92 Å². The van der Waals surface area contributed by atoms with Gasteiger partial charge in [-0.3, -0.25) is 0 Å². The van der Waals surface area contributed by atoms with Crippen molar-refractivity contribution in [1.82, 2.24) is 5.32 Å². The quantitative estimate of drug-likeness (QED) is 0.784. The van der Waals surface area contributed by atoms with Crippen LogP contribution in [0.2, 0.25) is 5.02 Å². The van der Waals surface area contributed by atoms with E-state index in [0.29, 0.717) is 5.02 Å². The molecule has 1 N–H and O–H groups in total. The first kappa shape index (κ1) is 15.4. The number of rotatable bonds is 4. The first-order chi connectivity index (χ1) is 9.51. The third-order valence-corrected chi connectivity index (χ3v) is 4.07. The summed E-state index contributed by atoms with van der Waals surface area (Å²) < 4.78 is 6.89. The molecule has 0 saturated carbocycles. The number of hydrogen-bond donors (Lipinski definition) is 1. The molecule has 1 unspecified atom stereocenters. The molecule has 2 aromatic carbocycles. The predicted molar refractivity (Wildman–Crippen MR) is 87.9 cm³/mol. The van der Waals surface area contributed by atoms with Gasteiger partial charge in [0.15, 0.2) is 0 Å². The number of nitrogens with one attached hydrogen (secondary N) is 1. The summed E-state index contributed by atoms with van der Waals surface area (Å²) in [6, 6.07) is 12.0. The van der Waals surface area contributed by atoms with E-state index >= 15 is 0 Å². The summed E-state index contributed by atoms with van der Waals surface area (Å²) >= 11 is 9.76. The maximum Gasteiger partial charge on any atom is 0.131 e. The van der Waals surface area contributed by atoms with Crippen molar-refractivity contribution in [3.63, 3.8) is 0 Å². The molecule has 106 valence electrons. The van der Waals surface area contributed by atoms with Gasteiger partial charge in [0.1, 0.15) is 11.5 Å². The smallest absolute Gasteiger partial charge is 0.131 e. The highest BCUT2D eigenvalue weighted by Gasteiger charge is 2.10. The van der Waals surface area contributed by atoms with Crippen molar-refractivity contribution in [2.75, 3.05) is 7.05 Å². The van der Waals surface area contributed by atoms with E-state index in [1.54, 1.807) is 0 Å². The van der Waals surface area contributed by atoms with Gasteiger partial charge in [-0.25, -0.2) is 0 Å². The fourth-order valence-corrected chi connectivity index (χ4v) is 2.56. The molecule has 0 radical (unpaired) electrons. The summed E-state index contributed by atoms with van der Waals surface area (Å²) in [5.74, 6) is 1.56. The Kier molecular flexibility index (Phi) is 5.08.